The fourth-order valence-electron chi connectivity index (χ4n) is 5.98. The number of phenolic OH excluding ortho intramolecular Hbond substituents is 2. The SMILES string of the molecule is COc1cccc2c1C(=O)c1c(O)c3c(c(O)c1C2=O)CC(O)(C(=O)COC(C)C)CC3OC1CC(N)C(O)C(C)O1.Cl. The summed E-state index contributed by atoms with van der Waals surface area (Å²) in [4.78, 5) is 40.7. The second-order valence-electron chi connectivity index (χ2n) is 11.4. The quantitative estimate of drug-likeness (QED) is 0.241. The van der Waals surface area contributed by atoms with Crippen LogP contribution < -0.4 is 10.5 Å². The number of rotatable bonds is 7. The van der Waals surface area contributed by atoms with E-state index in [9.17, 15) is 34.8 Å². The summed E-state index contributed by atoms with van der Waals surface area (Å²) in [5.74, 6) is -3.35. The molecular formula is C30H36ClNO11. The Morgan fingerprint density at radius 1 is 1.14 bits per heavy atom. The first-order valence-electron chi connectivity index (χ1n) is 13.8. The lowest BCUT2D eigenvalue weighted by Crippen LogP contribution is -2.53. The number of carbonyl (C=O) groups excluding carboxylic acids is 3. The predicted molar refractivity (Wildman–Crippen MR) is 153 cm³/mol. The van der Waals surface area contributed by atoms with Crippen molar-refractivity contribution in [1.82, 2.24) is 0 Å². The molecular weight excluding hydrogens is 586 g/mol. The van der Waals surface area contributed by atoms with E-state index >= 15 is 0 Å². The number of ether oxygens (including phenoxy) is 4. The molecule has 12 nitrogen and oxygen atoms in total. The van der Waals surface area contributed by atoms with Crippen LogP contribution in [0.2, 0.25) is 0 Å². The molecule has 0 bridgehead atoms. The second-order valence-corrected chi connectivity index (χ2v) is 11.4. The van der Waals surface area contributed by atoms with E-state index in [4.69, 9.17) is 24.7 Å². The van der Waals surface area contributed by atoms with E-state index in [1.807, 2.05) is 0 Å². The zero-order valence-corrected chi connectivity index (χ0v) is 25.0. The Balaban J connectivity index is 0.00000423. The molecule has 0 aromatic heterocycles. The molecule has 43 heavy (non-hydrogen) atoms. The number of nitrogens with two attached hydrogens (primary N) is 1. The van der Waals surface area contributed by atoms with Gasteiger partial charge in [0.15, 0.2) is 17.9 Å². The van der Waals surface area contributed by atoms with Crippen LogP contribution in [0.1, 0.15) is 82.7 Å². The topological polar surface area (TPSA) is 195 Å². The molecule has 0 spiro atoms. The largest absolute Gasteiger partial charge is 0.507 e. The number of phenols is 2. The van der Waals surface area contributed by atoms with Crippen LogP contribution in [-0.4, -0.2) is 87.7 Å². The molecule has 2 aromatic rings. The number of fused-ring (bicyclic) bond motifs is 3. The number of ketones is 3. The van der Waals surface area contributed by atoms with Crippen molar-refractivity contribution in [2.75, 3.05) is 13.7 Å². The molecule has 0 amide bonds. The Bertz CT molecular complexity index is 1450. The molecule has 1 saturated heterocycles. The summed E-state index contributed by atoms with van der Waals surface area (Å²) in [5, 5.41) is 45.0. The third-order valence-electron chi connectivity index (χ3n) is 8.21. The number of methoxy groups -OCH3 is 1. The van der Waals surface area contributed by atoms with Crippen LogP contribution in [0, 0.1) is 0 Å². The number of benzene rings is 2. The number of aliphatic hydroxyl groups is 2. The van der Waals surface area contributed by atoms with Gasteiger partial charge in [0.2, 0.25) is 5.78 Å². The summed E-state index contributed by atoms with van der Waals surface area (Å²) in [6.45, 7) is 4.62. The average molecular weight is 622 g/mol. The van der Waals surface area contributed by atoms with Gasteiger partial charge < -0.3 is 45.1 Å². The van der Waals surface area contributed by atoms with Crippen molar-refractivity contribution >= 4 is 29.8 Å². The first kappa shape index (κ1) is 32.8. The highest BCUT2D eigenvalue weighted by molar-refractivity contribution is 6.31. The van der Waals surface area contributed by atoms with Crippen molar-refractivity contribution in [3.05, 3.63) is 51.6 Å². The molecule has 2 aliphatic carbocycles. The number of carbonyl (C=O) groups is 3. The number of halogens is 1. The van der Waals surface area contributed by atoms with E-state index in [-0.39, 0.29) is 59.4 Å². The Labute approximate surface area is 254 Å². The predicted octanol–water partition coefficient (Wildman–Crippen LogP) is 1.86. The van der Waals surface area contributed by atoms with E-state index in [0.29, 0.717) is 0 Å². The van der Waals surface area contributed by atoms with E-state index in [2.05, 4.69) is 0 Å². The van der Waals surface area contributed by atoms with Crippen molar-refractivity contribution in [2.24, 2.45) is 5.73 Å². The van der Waals surface area contributed by atoms with Crippen LogP contribution in [0.4, 0.5) is 0 Å². The molecule has 234 valence electrons. The Hall–Kier alpha value is -3.10. The molecule has 2 aromatic carbocycles. The van der Waals surface area contributed by atoms with Crippen LogP contribution >= 0.6 is 12.4 Å². The molecule has 1 aliphatic heterocycles. The number of hydrogen-bond acceptors (Lipinski definition) is 12. The maximum absolute atomic E-state index is 13.8. The summed E-state index contributed by atoms with van der Waals surface area (Å²) in [6.07, 6.45) is -5.14. The van der Waals surface area contributed by atoms with Gasteiger partial charge in [-0.15, -0.1) is 12.4 Å². The molecule has 6 atom stereocenters. The lowest BCUT2D eigenvalue weighted by atomic mass is 9.72. The van der Waals surface area contributed by atoms with E-state index in [0.717, 1.165) is 0 Å². The van der Waals surface area contributed by atoms with E-state index in [1.165, 1.54) is 25.3 Å². The Morgan fingerprint density at radius 2 is 1.81 bits per heavy atom. The van der Waals surface area contributed by atoms with Crippen LogP contribution in [0.3, 0.4) is 0 Å². The highest BCUT2D eigenvalue weighted by atomic mass is 35.5. The lowest BCUT2D eigenvalue weighted by Gasteiger charge is -2.42. The highest BCUT2D eigenvalue weighted by Crippen LogP contribution is 2.52. The van der Waals surface area contributed by atoms with Gasteiger partial charge in [0.1, 0.15) is 29.5 Å². The smallest absolute Gasteiger partial charge is 0.202 e. The minimum atomic E-state index is -2.13. The zero-order chi connectivity index (χ0) is 30.7. The van der Waals surface area contributed by atoms with Gasteiger partial charge in [0.05, 0.1) is 48.2 Å². The lowest BCUT2D eigenvalue weighted by molar-refractivity contribution is -0.247. The molecule has 6 unspecified atom stereocenters. The standard InChI is InChI=1S/C30H35NO11.ClH/c1-12(2)40-11-19(32)30(38)9-15-22(18(10-30)42-20-8-16(31)25(33)13(3)41-20)29(37)24-23(27(15)35)26(34)14-6-5-7-17(39-4)21(14)28(24)36;/h5-7,12-13,16,18,20,25,33,35,37-38H,8-11,31H2,1-4H3;1H. The summed E-state index contributed by atoms with van der Waals surface area (Å²) in [6, 6.07) is 3.72. The van der Waals surface area contributed by atoms with Gasteiger partial charge in [-0.2, -0.15) is 0 Å². The number of aromatic hydroxyl groups is 2. The van der Waals surface area contributed by atoms with Crippen molar-refractivity contribution in [1.29, 1.82) is 0 Å². The van der Waals surface area contributed by atoms with Crippen molar-refractivity contribution in [2.45, 2.75) is 82.4 Å². The van der Waals surface area contributed by atoms with Crippen LogP contribution in [0.25, 0.3) is 0 Å². The molecule has 1 fully saturated rings. The van der Waals surface area contributed by atoms with Gasteiger partial charge in [-0.05, 0) is 26.8 Å². The van der Waals surface area contributed by atoms with Crippen molar-refractivity contribution < 1.29 is 53.8 Å². The number of Topliss-reactive ketones (excluding diaryl/α,β-unsaturated/α-hetero) is 1. The van der Waals surface area contributed by atoms with Gasteiger partial charge in [0, 0.05) is 42.0 Å². The van der Waals surface area contributed by atoms with Crippen LogP contribution in [0.5, 0.6) is 17.2 Å². The van der Waals surface area contributed by atoms with Crippen molar-refractivity contribution in [3.63, 3.8) is 0 Å². The average Bonchev–Trinajstić information content (AvgIpc) is 2.94. The summed E-state index contributed by atoms with van der Waals surface area (Å²) >= 11 is 0. The molecule has 0 saturated carbocycles. The van der Waals surface area contributed by atoms with Gasteiger partial charge in [-0.25, -0.2) is 0 Å². The molecule has 6 N–H and O–H groups in total. The minimum absolute atomic E-state index is 0. The fourth-order valence-corrected chi connectivity index (χ4v) is 5.98. The molecule has 13 heteroatoms. The van der Waals surface area contributed by atoms with Gasteiger partial charge in [-0.3, -0.25) is 14.4 Å². The third kappa shape index (κ3) is 5.53. The Kier molecular flexibility index (Phi) is 9.25. The van der Waals surface area contributed by atoms with Crippen molar-refractivity contribution in [3.8, 4) is 17.2 Å². The minimum Gasteiger partial charge on any atom is -0.507 e. The number of aliphatic hydroxyl groups excluding tert-OH is 1. The Morgan fingerprint density at radius 3 is 2.44 bits per heavy atom. The maximum atomic E-state index is 13.8. The second kappa shape index (κ2) is 12.1. The summed E-state index contributed by atoms with van der Waals surface area (Å²) in [5.41, 5.74) is 2.77. The van der Waals surface area contributed by atoms with Crippen LogP contribution in [-0.2, 0) is 25.4 Å². The normalized spacial score (nSPS) is 28.0. The van der Waals surface area contributed by atoms with Gasteiger partial charge >= 0.3 is 0 Å². The monoisotopic (exact) mass is 621 g/mol. The third-order valence-corrected chi connectivity index (χ3v) is 8.21. The van der Waals surface area contributed by atoms with Gasteiger partial charge in [-0.1, -0.05) is 12.1 Å². The zero-order valence-electron chi connectivity index (χ0n) is 24.2. The molecule has 3 aliphatic rings. The van der Waals surface area contributed by atoms with E-state index < -0.39 is 89.2 Å². The summed E-state index contributed by atoms with van der Waals surface area (Å²) in [7, 11) is 1.34. The fraction of sp³-hybridized carbons (Fsp3) is 0.500. The first-order valence-corrected chi connectivity index (χ1v) is 13.8. The first-order chi connectivity index (χ1) is 19.8. The molecule has 1 heterocycles. The number of hydrogen-bond donors (Lipinski definition) is 5. The molecule has 0 radical (unpaired) electrons. The molecule has 5 rings (SSSR count). The maximum Gasteiger partial charge on any atom is 0.202 e. The van der Waals surface area contributed by atoms with Gasteiger partial charge in [0.25, 0.3) is 0 Å². The van der Waals surface area contributed by atoms with E-state index in [1.54, 1.807) is 20.8 Å². The summed E-state index contributed by atoms with van der Waals surface area (Å²) < 4.78 is 22.7. The van der Waals surface area contributed by atoms with Crippen LogP contribution in [0.15, 0.2) is 18.2 Å². The highest BCUT2D eigenvalue weighted by Gasteiger charge is 2.50.